The van der Waals surface area contributed by atoms with Crippen LogP contribution in [0.25, 0.3) is 0 Å². The highest BCUT2D eigenvalue weighted by Gasteiger charge is 2.21. The van der Waals surface area contributed by atoms with Crippen LogP contribution in [-0.4, -0.2) is 33.4 Å². The van der Waals surface area contributed by atoms with E-state index in [0.29, 0.717) is 19.1 Å². The van der Waals surface area contributed by atoms with Crippen LogP contribution in [0.2, 0.25) is 0 Å². The topological polar surface area (TPSA) is 33.7 Å². The lowest BCUT2D eigenvalue weighted by molar-refractivity contribution is 0.172. The Morgan fingerprint density at radius 2 is 1.94 bits per heavy atom. The van der Waals surface area contributed by atoms with Crippen LogP contribution in [0.4, 0.5) is 11.4 Å². The van der Waals surface area contributed by atoms with Crippen LogP contribution in [0, 0.1) is 5.92 Å². The molecule has 0 saturated heterocycles. The highest BCUT2D eigenvalue weighted by atomic mass is 16.6. The summed E-state index contributed by atoms with van der Waals surface area (Å²) in [6.07, 6.45) is 0. The highest BCUT2D eigenvalue weighted by Crippen LogP contribution is 2.40. The van der Waals surface area contributed by atoms with E-state index in [0.717, 1.165) is 30.3 Å². The van der Waals surface area contributed by atoms with Gasteiger partial charge < -0.3 is 19.7 Å². The molecule has 2 heterocycles. The van der Waals surface area contributed by atoms with Gasteiger partial charge in [0.15, 0.2) is 11.5 Å². The van der Waals surface area contributed by atoms with E-state index < -0.39 is 0 Å². The summed E-state index contributed by atoms with van der Waals surface area (Å²) in [4.78, 5) is 2.28. The van der Waals surface area contributed by atoms with Gasteiger partial charge in [0.25, 0.3) is 0 Å². The highest BCUT2D eigenvalue weighted by molar-refractivity contribution is 5.75. The lowest BCUT2D eigenvalue weighted by atomic mass is 10.2. The van der Waals surface area contributed by atoms with Crippen molar-refractivity contribution in [3.8, 4) is 11.5 Å². The Balaban J connectivity index is 2.03. The number of rotatable bonds is 0. The van der Waals surface area contributed by atoms with E-state index in [1.54, 1.807) is 0 Å². The second-order valence-electron chi connectivity index (χ2n) is 4.88. The summed E-state index contributed by atoms with van der Waals surface area (Å²) in [7, 11) is 2.12. The fourth-order valence-electron chi connectivity index (χ4n) is 2.45. The Bertz CT molecular complexity index is 434. The molecule has 0 aromatic heterocycles. The van der Waals surface area contributed by atoms with Gasteiger partial charge in [-0.15, -0.1) is 0 Å². The summed E-state index contributed by atoms with van der Waals surface area (Å²) in [5, 5.41) is 3.48. The van der Waals surface area contributed by atoms with E-state index in [1.165, 1.54) is 5.69 Å². The predicted molar refractivity (Wildman–Crippen MR) is 68.4 cm³/mol. The lowest BCUT2D eigenvalue weighted by Crippen LogP contribution is -2.24. The van der Waals surface area contributed by atoms with E-state index in [2.05, 4.69) is 36.3 Å². The maximum Gasteiger partial charge on any atom is 0.163 e. The zero-order chi connectivity index (χ0) is 11.8. The number of ether oxygens (including phenoxy) is 2. The van der Waals surface area contributed by atoms with Gasteiger partial charge in [-0.2, -0.15) is 0 Å². The fraction of sp³-hybridized carbons (Fsp3) is 0.538. The number of hydrogen-bond donors (Lipinski definition) is 1. The lowest BCUT2D eigenvalue weighted by Gasteiger charge is -2.24. The van der Waals surface area contributed by atoms with Crippen molar-refractivity contribution < 1.29 is 9.47 Å². The van der Waals surface area contributed by atoms with Crippen LogP contribution < -0.4 is 19.7 Å². The van der Waals surface area contributed by atoms with Gasteiger partial charge in [0.2, 0.25) is 0 Å². The summed E-state index contributed by atoms with van der Waals surface area (Å²) in [5.41, 5.74) is 2.33. The zero-order valence-corrected chi connectivity index (χ0v) is 10.3. The molecule has 92 valence electrons. The van der Waals surface area contributed by atoms with Crippen molar-refractivity contribution in [3.05, 3.63) is 12.1 Å². The van der Waals surface area contributed by atoms with Crippen LogP contribution >= 0.6 is 0 Å². The molecule has 2 aliphatic heterocycles. The Labute approximate surface area is 102 Å². The van der Waals surface area contributed by atoms with Crippen molar-refractivity contribution in [2.45, 2.75) is 6.92 Å². The first-order chi connectivity index (χ1) is 8.24. The predicted octanol–water partition coefficient (Wildman–Crippen LogP) is 1.96. The molecule has 0 saturated carbocycles. The Hall–Kier alpha value is -1.58. The third-order valence-corrected chi connectivity index (χ3v) is 3.30. The van der Waals surface area contributed by atoms with Crippen molar-refractivity contribution >= 4 is 11.4 Å². The van der Waals surface area contributed by atoms with Gasteiger partial charge in [0.1, 0.15) is 13.2 Å². The summed E-state index contributed by atoms with van der Waals surface area (Å²) in [6, 6.07) is 4.13. The molecule has 1 atom stereocenters. The van der Waals surface area contributed by atoms with Crippen LogP contribution in [0.5, 0.6) is 11.5 Å². The Morgan fingerprint density at radius 1 is 1.24 bits per heavy atom. The molecule has 2 aliphatic rings. The summed E-state index contributed by atoms with van der Waals surface area (Å²) in [5.74, 6) is 2.34. The van der Waals surface area contributed by atoms with Gasteiger partial charge in [-0.25, -0.2) is 0 Å². The van der Waals surface area contributed by atoms with Crippen LogP contribution in [-0.2, 0) is 0 Å². The van der Waals surface area contributed by atoms with Gasteiger partial charge in [0, 0.05) is 32.3 Å². The minimum atomic E-state index is 0.631. The largest absolute Gasteiger partial charge is 0.486 e. The molecule has 0 aliphatic carbocycles. The van der Waals surface area contributed by atoms with Crippen molar-refractivity contribution in [1.29, 1.82) is 0 Å². The molecule has 1 N–H and O–H groups in total. The third kappa shape index (κ3) is 1.88. The smallest absolute Gasteiger partial charge is 0.163 e. The van der Waals surface area contributed by atoms with Crippen LogP contribution in [0.3, 0.4) is 0 Å². The molecule has 0 radical (unpaired) electrons. The zero-order valence-electron chi connectivity index (χ0n) is 10.3. The summed E-state index contributed by atoms with van der Waals surface area (Å²) >= 11 is 0. The minimum absolute atomic E-state index is 0.631. The summed E-state index contributed by atoms with van der Waals surface area (Å²) < 4.78 is 11.2. The van der Waals surface area contributed by atoms with E-state index in [1.807, 2.05) is 0 Å². The maximum absolute atomic E-state index is 5.63. The van der Waals surface area contributed by atoms with E-state index in [9.17, 15) is 0 Å². The normalized spacial score (nSPS) is 22.5. The molecule has 3 rings (SSSR count). The Kier molecular flexibility index (Phi) is 2.50. The van der Waals surface area contributed by atoms with Gasteiger partial charge >= 0.3 is 0 Å². The average molecular weight is 234 g/mol. The molecule has 1 unspecified atom stereocenters. The molecule has 0 spiro atoms. The van der Waals surface area contributed by atoms with E-state index in [-0.39, 0.29) is 0 Å². The molecule has 0 fully saturated rings. The molecule has 17 heavy (non-hydrogen) atoms. The van der Waals surface area contributed by atoms with Crippen molar-refractivity contribution in [1.82, 2.24) is 0 Å². The fourth-order valence-corrected chi connectivity index (χ4v) is 2.45. The van der Waals surface area contributed by atoms with Gasteiger partial charge in [0.05, 0.1) is 11.4 Å². The monoisotopic (exact) mass is 234 g/mol. The number of benzene rings is 1. The van der Waals surface area contributed by atoms with Gasteiger partial charge in [-0.05, 0) is 5.92 Å². The molecule has 1 aromatic rings. The second kappa shape index (κ2) is 4.02. The van der Waals surface area contributed by atoms with Crippen molar-refractivity contribution in [3.63, 3.8) is 0 Å². The van der Waals surface area contributed by atoms with Gasteiger partial charge in [-0.3, -0.25) is 0 Å². The number of nitrogens with one attached hydrogen (secondary N) is 1. The first-order valence-electron chi connectivity index (χ1n) is 6.12. The van der Waals surface area contributed by atoms with Crippen molar-refractivity contribution in [2.75, 3.05) is 43.6 Å². The first kappa shape index (κ1) is 10.6. The first-order valence-corrected chi connectivity index (χ1v) is 6.12. The molecule has 4 heteroatoms. The SMILES string of the molecule is CC1CNc2cc3c(cc2N(C)C1)OCCO3. The van der Waals surface area contributed by atoms with E-state index >= 15 is 0 Å². The number of hydrogen-bond acceptors (Lipinski definition) is 4. The molecule has 4 nitrogen and oxygen atoms in total. The van der Waals surface area contributed by atoms with Crippen molar-refractivity contribution in [2.24, 2.45) is 5.92 Å². The standard InChI is InChI=1S/C13H18N2O2/c1-9-7-14-10-5-12-13(17-4-3-16-12)6-11(10)15(2)8-9/h5-6,9,14H,3-4,7-8H2,1-2H3. The molecule has 1 aromatic carbocycles. The Morgan fingerprint density at radius 3 is 2.71 bits per heavy atom. The van der Waals surface area contributed by atoms with Gasteiger partial charge in [-0.1, -0.05) is 6.92 Å². The molecule has 0 amide bonds. The molecular formula is C13H18N2O2. The third-order valence-electron chi connectivity index (χ3n) is 3.30. The number of fused-ring (bicyclic) bond motifs is 2. The van der Waals surface area contributed by atoms with Crippen LogP contribution in [0.1, 0.15) is 6.92 Å². The second-order valence-corrected chi connectivity index (χ2v) is 4.88. The maximum atomic E-state index is 5.63. The van der Waals surface area contributed by atoms with E-state index in [4.69, 9.17) is 9.47 Å². The van der Waals surface area contributed by atoms with Crippen LogP contribution in [0.15, 0.2) is 12.1 Å². The molecule has 0 bridgehead atoms. The summed E-state index contributed by atoms with van der Waals surface area (Å²) in [6.45, 7) is 5.58. The average Bonchev–Trinajstić information content (AvgIpc) is 2.47. The number of anilines is 2. The quantitative estimate of drug-likeness (QED) is 0.744. The molecular weight excluding hydrogens is 216 g/mol. The number of nitrogens with zero attached hydrogens (tertiary/aromatic N) is 1. The minimum Gasteiger partial charge on any atom is -0.486 e.